The maximum Gasteiger partial charge on any atom is 0.124 e. The number of rotatable bonds is 4. The highest BCUT2D eigenvalue weighted by molar-refractivity contribution is 6.01. The SMILES string of the molecule is COc1ccc(C(=N)N)c(N(C)c2ccc(F)cc2)c1. The molecule has 0 aliphatic carbocycles. The summed E-state index contributed by atoms with van der Waals surface area (Å²) < 4.78 is 18.2. The third kappa shape index (κ3) is 2.71. The van der Waals surface area contributed by atoms with Gasteiger partial charge in [-0.25, -0.2) is 4.39 Å². The largest absolute Gasteiger partial charge is 0.497 e. The van der Waals surface area contributed by atoms with Crippen molar-refractivity contribution in [3.05, 3.63) is 53.8 Å². The third-order valence-corrected chi connectivity index (χ3v) is 3.07. The molecule has 0 fully saturated rings. The molecule has 0 unspecified atom stereocenters. The molecule has 20 heavy (non-hydrogen) atoms. The van der Waals surface area contributed by atoms with Crippen LogP contribution in [0, 0.1) is 11.2 Å². The zero-order chi connectivity index (χ0) is 14.7. The number of anilines is 2. The van der Waals surface area contributed by atoms with Gasteiger partial charge in [0.05, 0.1) is 12.8 Å². The maximum atomic E-state index is 13.0. The van der Waals surface area contributed by atoms with E-state index in [-0.39, 0.29) is 11.7 Å². The lowest BCUT2D eigenvalue weighted by Gasteiger charge is -2.23. The lowest BCUT2D eigenvalue weighted by molar-refractivity contribution is 0.415. The predicted octanol–water partition coefficient (Wildman–Crippen LogP) is 2.89. The molecule has 0 heterocycles. The van der Waals surface area contributed by atoms with Gasteiger partial charge < -0.3 is 15.4 Å². The average Bonchev–Trinajstić information content (AvgIpc) is 2.46. The molecule has 104 valence electrons. The van der Waals surface area contributed by atoms with Crippen molar-refractivity contribution in [2.45, 2.75) is 0 Å². The number of hydrogen-bond donors (Lipinski definition) is 2. The molecular formula is C15H16FN3O. The Morgan fingerprint density at radius 1 is 1.20 bits per heavy atom. The molecule has 2 aromatic rings. The lowest BCUT2D eigenvalue weighted by atomic mass is 10.1. The first-order chi connectivity index (χ1) is 9.52. The van der Waals surface area contributed by atoms with E-state index in [1.807, 2.05) is 11.9 Å². The third-order valence-electron chi connectivity index (χ3n) is 3.07. The smallest absolute Gasteiger partial charge is 0.124 e. The fourth-order valence-corrected chi connectivity index (χ4v) is 1.95. The molecule has 2 aromatic carbocycles. The number of nitrogen functional groups attached to an aromatic ring is 1. The van der Waals surface area contributed by atoms with Crippen LogP contribution in [0.5, 0.6) is 5.75 Å². The molecule has 0 aromatic heterocycles. The van der Waals surface area contributed by atoms with Crippen molar-refractivity contribution in [1.82, 2.24) is 0 Å². The van der Waals surface area contributed by atoms with Gasteiger partial charge in [0.15, 0.2) is 0 Å². The van der Waals surface area contributed by atoms with Gasteiger partial charge in [-0.1, -0.05) is 0 Å². The molecule has 0 radical (unpaired) electrons. The van der Waals surface area contributed by atoms with Crippen LogP contribution in [0.3, 0.4) is 0 Å². The molecule has 0 spiro atoms. The Labute approximate surface area is 117 Å². The Kier molecular flexibility index (Phi) is 3.89. The summed E-state index contributed by atoms with van der Waals surface area (Å²) >= 11 is 0. The summed E-state index contributed by atoms with van der Waals surface area (Å²) in [6.07, 6.45) is 0. The van der Waals surface area contributed by atoms with Crippen LogP contribution in [0.1, 0.15) is 5.56 Å². The van der Waals surface area contributed by atoms with E-state index < -0.39 is 0 Å². The molecule has 5 heteroatoms. The van der Waals surface area contributed by atoms with E-state index in [1.165, 1.54) is 12.1 Å². The van der Waals surface area contributed by atoms with E-state index in [2.05, 4.69) is 0 Å². The maximum absolute atomic E-state index is 13.0. The highest BCUT2D eigenvalue weighted by Crippen LogP contribution is 2.30. The van der Waals surface area contributed by atoms with Crippen LogP contribution in [0.4, 0.5) is 15.8 Å². The number of methoxy groups -OCH3 is 1. The van der Waals surface area contributed by atoms with Gasteiger partial charge in [0.2, 0.25) is 0 Å². The number of halogens is 1. The zero-order valence-electron chi connectivity index (χ0n) is 11.4. The first-order valence-electron chi connectivity index (χ1n) is 6.04. The molecule has 3 N–H and O–H groups in total. The summed E-state index contributed by atoms with van der Waals surface area (Å²) in [4.78, 5) is 1.83. The molecule has 0 saturated carbocycles. The molecule has 0 bridgehead atoms. The zero-order valence-corrected chi connectivity index (χ0v) is 11.4. The quantitative estimate of drug-likeness (QED) is 0.665. The number of nitrogens with one attached hydrogen (secondary N) is 1. The Hall–Kier alpha value is -2.56. The van der Waals surface area contributed by atoms with Gasteiger partial charge in [-0.3, -0.25) is 5.41 Å². The molecule has 0 aliphatic rings. The van der Waals surface area contributed by atoms with Crippen LogP contribution in [0.2, 0.25) is 0 Å². The van der Waals surface area contributed by atoms with E-state index in [9.17, 15) is 4.39 Å². The van der Waals surface area contributed by atoms with Crippen molar-refractivity contribution >= 4 is 17.2 Å². The molecule has 4 nitrogen and oxygen atoms in total. The van der Waals surface area contributed by atoms with Crippen LogP contribution in [0.25, 0.3) is 0 Å². The number of nitrogens with zero attached hydrogens (tertiary/aromatic N) is 1. The van der Waals surface area contributed by atoms with Crippen LogP contribution in [0.15, 0.2) is 42.5 Å². The highest BCUT2D eigenvalue weighted by atomic mass is 19.1. The average molecular weight is 273 g/mol. The summed E-state index contributed by atoms with van der Waals surface area (Å²) in [5.41, 5.74) is 7.72. The fourth-order valence-electron chi connectivity index (χ4n) is 1.95. The number of ether oxygens (including phenoxy) is 1. The molecular weight excluding hydrogens is 257 g/mol. The van der Waals surface area contributed by atoms with Crippen molar-refractivity contribution in [3.8, 4) is 5.75 Å². The Balaban J connectivity index is 2.48. The predicted molar refractivity (Wildman–Crippen MR) is 78.5 cm³/mol. The van der Waals surface area contributed by atoms with E-state index >= 15 is 0 Å². The normalized spacial score (nSPS) is 10.2. The molecule has 0 saturated heterocycles. The topological polar surface area (TPSA) is 62.3 Å². The summed E-state index contributed by atoms with van der Waals surface area (Å²) in [6, 6.07) is 11.4. The van der Waals surface area contributed by atoms with Crippen molar-refractivity contribution < 1.29 is 9.13 Å². The van der Waals surface area contributed by atoms with Gasteiger partial charge in [-0.15, -0.1) is 0 Å². The van der Waals surface area contributed by atoms with Crippen molar-refractivity contribution in [2.24, 2.45) is 5.73 Å². The molecule has 0 atom stereocenters. The summed E-state index contributed by atoms with van der Waals surface area (Å²) in [5.74, 6) is 0.343. The lowest BCUT2D eigenvalue weighted by Crippen LogP contribution is -2.18. The second-order valence-electron chi connectivity index (χ2n) is 4.33. The number of hydrogen-bond acceptors (Lipinski definition) is 3. The van der Waals surface area contributed by atoms with Crippen LogP contribution < -0.4 is 15.4 Å². The minimum absolute atomic E-state index is 0.0309. The van der Waals surface area contributed by atoms with Gasteiger partial charge in [0, 0.05) is 24.4 Å². The highest BCUT2D eigenvalue weighted by Gasteiger charge is 2.13. The van der Waals surface area contributed by atoms with Crippen LogP contribution >= 0.6 is 0 Å². The van der Waals surface area contributed by atoms with Gasteiger partial charge in [0.25, 0.3) is 0 Å². The first-order valence-corrected chi connectivity index (χ1v) is 6.04. The van der Waals surface area contributed by atoms with Gasteiger partial charge >= 0.3 is 0 Å². The molecule has 0 aliphatic heterocycles. The van der Waals surface area contributed by atoms with Gasteiger partial charge in [-0.2, -0.15) is 0 Å². The molecule has 0 amide bonds. The van der Waals surface area contributed by atoms with E-state index in [0.29, 0.717) is 11.3 Å². The summed E-state index contributed by atoms with van der Waals surface area (Å²) in [7, 11) is 3.40. The van der Waals surface area contributed by atoms with E-state index in [1.54, 1.807) is 37.4 Å². The number of nitrogens with two attached hydrogens (primary N) is 1. The summed E-state index contributed by atoms with van der Waals surface area (Å²) in [6.45, 7) is 0. The Morgan fingerprint density at radius 2 is 1.85 bits per heavy atom. The van der Waals surface area contributed by atoms with Gasteiger partial charge in [-0.05, 0) is 36.4 Å². The Morgan fingerprint density at radius 3 is 2.40 bits per heavy atom. The number of benzene rings is 2. The first kappa shape index (κ1) is 13.9. The second kappa shape index (κ2) is 5.61. The van der Waals surface area contributed by atoms with E-state index in [0.717, 1.165) is 11.4 Å². The van der Waals surface area contributed by atoms with Crippen molar-refractivity contribution in [3.63, 3.8) is 0 Å². The van der Waals surface area contributed by atoms with Crippen molar-refractivity contribution in [2.75, 3.05) is 19.1 Å². The molecule has 2 rings (SSSR count). The van der Waals surface area contributed by atoms with Crippen molar-refractivity contribution in [1.29, 1.82) is 5.41 Å². The second-order valence-corrected chi connectivity index (χ2v) is 4.33. The minimum atomic E-state index is -0.292. The number of amidine groups is 1. The monoisotopic (exact) mass is 273 g/mol. The van der Waals surface area contributed by atoms with Crippen LogP contribution in [-0.2, 0) is 0 Å². The van der Waals surface area contributed by atoms with E-state index in [4.69, 9.17) is 15.9 Å². The standard InChI is InChI=1S/C15H16FN3O/c1-19(11-5-3-10(16)4-6-11)14-9-12(20-2)7-8-13(14)15(17)18/h3-9H,1-2H3,(H3,17,18). The Bertz CT molecular complexity index is 626. The van der Waals surface area contributed by atoms with Gasteiger partial charge in [0.1, 0.15) is 17.4 Å². The van der Waals surface area contributed by atoms with Crippen LogP contribution in [-0.4, -0.2) is 20.0 Å². The minimum Gasteiger partial charge on any atom is -0.497 e. The fraction of sp³-hybridized carbons (Fsp3) is 0.133. The summed E-state index contributed by atoms with van der Waals surface area (Å²) in [5, 5.41) is 7.64.